The summed E-state index contributed by atoms with van der Waals surface area (Å²) >= 11 is 0. The summed E-state index contributed by atoms with van der Waals surface area (Å²) in [6, 6.07) is 0. The molecule has 8 nitrogen and oxygen atoms in total. The minimum absolute atomic E-state index is 0.0349. The molecular weight excluding hydrogens is 308 g/mol. The molecule has 1 aromatic rings. The first-order valence-corrected chi connectivity index (χ1v) is 8.92. The highest BCUT2D eigenvalue weighted by Crippen LogP contribution is 2.18. The van der Waals surface area contributed by atoms with Crippen LogP contribution in [0.15, 0.2) is 12.4 Å². The van der Waals surface area contributed by atoms with Crippen molar-refractivity contribution < 1.29 is 18.3 Å². The fourth-order valence-electron chi connectivity index (χ4n) is 2.31. The van der Waals surface area contributed by atoms with Crippen molar-refractivity contribution in [3.05, 3.63) is 12.4 Å². The molecule has 0 aliphatic carbocycles. The van der Waals surface area contributed by atoms with Crippen LogP contribution in [-0.2, 0) is 16.6 Å². The number of β-amino-alcohol motifs (C(OH)–C–C–N with tert-alkyl or cyclic N) is 1. The van der Waals surface area contributed by atoms with Gasteiger partial charge in [0, 0.05) is 40.3 Å². The molecule has 0 radical (unpaired) electrons. The molecule has 0 aromatic carbocycles. The van der Waals surface area contributed by atoms with Crippen molar-refractivity contribution in [2.75, 3.05) is 39.5 Å². The van der Waals surface area contributed by atoms with Crippen molar-refractivity contribution in [1.82, 2.24) is 19.0 Å². The maximum Gasteiger partial charge on any atom is 0.214 e. The lowest BCUT2D eigenvalue weighted by atomic mass is 10.3. The topological polar surface area (TPSA) is 87.9 Å². The molecule has 0 saturated carbocycles. The van der Waals surface area contributed by atoms with E-state index in [2.05, 4.69) is 5.10 Å². The third-order valence-corrected chi connectivity index (χ3v) is 5.57. The van der Waals surface area contributed by atoms with Crippen molar-refractivity contribution >= 4 is 10.0 Å². The predicted octanol–water partition coefficient (Wildman–Crippen LogP) is -0.782. The van der Waals surface area contributed by atoms with Gasteiger partial charge in [-0.25, -0.2) is 12.7 Å². The number of aliphatic hydroxyl groups is 1. The lowest BCUT2D eigenvalue weighted by molar-refractivity contribution is 0.0736. The van der Waals surface area contributed by atoms with E-state index in [1.54, 1.807) is 17.1 Å². The molecule has 1 N–H and O–H groups in total. The van der Waals surface area contributed by atoms with Gasteiger partial charge in [-0.05, 0) is 6.92 Å². The van der Waals surface area contributed by atoms with Crippen LogP contribution in [0.1, 0.15) is 6.92 Å². The van der Waals surface area contributed by atoms with Crippen molar-refractivity contribution in [3.63, 3.8) is 0 Å². The Bertz CT molecular complexity index is 587. The SMILES string of the molecule is CCn1cc(O[C@@H]2CN(CCS(=O)(=O)N(C)C)C[C@H]2O)cn1. The highest BCUT2D eigenvalue weighted by molar-refractivity contribution is 7.89. The second kappa shape index (κ2) is 6.95. The minimum Gasteiger partial charge on any atom is -0.483 e. The maximum atomic E-state index is 11.8. The molecule has 1 aliphatic heterocycles. The summed E-state index contributed by atoms with van der Waals surface area (Å²) in [4.78, 5) is 1.90. The number of aryl methyl sites for hydroxylation is 1. The standard InChI is InChI=1S/C13H24N4O4S/c1-4-17-8-11(7-14-17)21-13-10-16(9-12(13)18)5-6-22(19,20)15(2)3/h7-8,12-13,18H,4-6,9-10H2,1-3H3/t12-,13-/m1/s1. The molecule has 0 bridgehead atoms. The van der Waals surface area contributed by atoms with E-state index in [0.29, 0.717) is 25.4 Å². The molecule has 0 unspecified atom stereocenters. The Morgan fingerprint density at radius 1 is 1.45 bits per heavy atom. The van der Waals surface area contributed by atoms with Crippen LogP contribution in [0.25, 0.3) is 0 Å². The summed E-state index contributed by atoms with van der Waals surface area (Å²) in [7, 11) is -0.185. The van der Waals surface area contributed by atoms with Crippen LogP contribution in [0.3, 0.4) is 0 Å². The van der Waals surface area contributed by atoms with Gasteiger partial charge in [0.1, 0.15) is 12.2 Å². The number of aliphatic hydroxyl groups excluding tert-OH is 1. The first-order valence-electron chi connectivity index (χ1n) is 7.31. The Morgan fingerprint density at radius 2 is 2.18 bits per heavy atom. The third-order valence-electron chi connectivity index (χ3n) is 3.76. The summed E-state index contributed by atoms with van der Waals surface area (Å²) < 4.78 is 32.3. The van der Waals surface area contributed by atoms with Crippen LogP contribution in [0.2, 0.25) is 0 Å². The van der Waals surface area contributed by atoms with E-state index in [-0.39, 0.29) is 11.9 Å². The summed E-state index contributed by atoms with van der Waals surface area (Å²) in [5.74, 6) is 0.654. The largest absolute Gasteiger partial charge is 0.483 e. The van der Waals surface area contributed by atoms with Crippen molar-refractivity contribution in [2.24, 2.45) is 0 Å². The quantitative estimate of drug-likeness (QED) is 0.705. The number of nitrogens with zero attached hydrogens (tertiary/aromatic N) is 4. The Labute approximate surface area is 131 Å². The summed E-state index contributed by atoms with van der Waals surface area (Å²) in [5.41, 5.74) is 0. The zero-order valence-electron chi connectivity index (χ0n) is 13.2. The first-order chi connectivity index (χ1) is 10.3. The monoisotopic (exact) mass is 332 g/mol. The van der Waals surface area contributed by atoms with Gasteiger partial charge in [-0.2, -0.15) is 5.10 Å². The number of likely N-dealkylation sites (tertiary alicyclic amines) is 1. The molecule has 126 valence electrons. The molecule has 1 aromatic heterocycles. The molecule has 0 amide bonds. The first kappa shape index (κ1) is 17.2. The van der Waals surface area contributed by atoms with Gasteiger partial charge in [-0.3, -0.25) is 9.58 Å². The van der Waals surface area contributed by atoms with Crippen LogP contribution in [0.5, 0.6) is 5.75 Å². The maximum absolute atomic E-state index is 11.8. The smallest absolute Gasteiger partial charge is 0.214 e. The fraction of sp³-hybridized carbons (Fsp3) is 0.769. The van der Waals surface area contributed by atoms with Crippen LogP contribution in [0, 0.1) is 0 Å². The molecule has 2 rings (SSSR count). The van der Waals surface area contributed by atoms with Gasteiger partial charge in [0.15, 0.2) is 5.75 Å². The Kier molecular flexibility index (Phi) is 5.43. The fourth-order valence-corrected chi connectivity index (χ4v) is 3.17. The molecule has 22 heavy (non-hydrogen) atoms. The zero-order valence-corrected chi connectivity index (χ0v) is 14.0. The molecular formula is C13H24N4O4S. The highest BCUT2D eigenvalue weighted by atomic mass is 32.2. The van der Waals surface area contributed by atoms with Gasteiger partial charge in [0.25, 0.3) is 0 Å². The van der Waals surface area contributed by atoms with E-state index >= 15 is 0 Å². The van der Waals surface area contributed by atoms with E-state index in [1.807, 2.05) is 11.8 Å². The minimum atomic E-state index is -3.22. The number of hydrogen-bond donors (Lipinski definition) is 1. The van der Waals surface area contributed by atoms with Gasteiger partial charge in [-0.1, -0.05) is 0 Å². The molecule has 1 fully saturated rings. The van der Waals surface area contributed by atoms with Crippen LogP contribution < -0.4 is 4.74 Å². The lowest BCUT2D eigenvalue weighted by Gasteiger charge is -2.17. The lowest BCUT2D eigenvalue weighted by Crippen LogP contribution is -2.34. The zero-order chi connectivity index (χ0) is 16.3. The molecule has 0 spiro atoms. The highest BCUT2D eigenvalue weighted by Gasteiger charge is 2.33. The molecule has 2 atom stereocenters. The second-order valence-electron chi connectivity index (χ2n) is 5.61. The van der Waals surface area contributed by atoms with E-state index in [4.69, 9.17) is 4.74 Å². The Hall–Kier alpha value is -1.16. The van der Waals surface area contributed by atoms with Crippen LogP contribution >= 0.6 is 0 Å². The van der Waals surface area contributed by atoms with Crippen molar-refractivity contribution in [3.8, 4) is 5.75 Å². The summed E-state index contributed by atoms with van der Waals surface area (Å²) in [6.45, 7) is 4.03. The Balaban J connectivity index is 1.86. The number of aromatic nitrogens is 2. The van der Waals surface area contributed by atoms with Crippen molar-refractivity contribution in [2.45, 2.75) is 25.7 Å². The van der Waals surface area contributed by atoms with Crippen LogP contribution in [0.4, 0.5) is 0 Å². The van der Waals surface area contributed by atoms with E-state index in [9.17, 15) is 13.5 Å². The number of sulfonamides is 1. The van der Waals surface area contributed by atoms with Crippen molar-refractivity contribution in [1.29, 1.82) is 0 Å². The third kappa shape index (κ3) is 4.19. The summed E-state index contributed by atoms with van der Waals surface area (Å²) in [6.07, 6.45) is 2.41. The van der Waals surface area contributed by atoms with Gasteiger partial charge in [-0.15, -0.1) is 0 Å². The van der Waals surface area contributed by atoms with Gasteiger partial charge in [0.2, 0.25) is 10.0 Å². The number of ether oxygens (including phenoxy) is 1. The van der Waals surface area contributed by atoms with Gasteiger partial charge < -0.3 is 9.84 Å². The van der Waals surface area contributed by atoms with E-state index < -0.39 is 16.1 Å². The predicted molar refractivity (Wildman–Crippen MR) is 82.2 cm³/mol. The number of rotatable bonds is 7. The molecule has 1 aliphatic rings. The van der Waals surface area contributed by atoms with Crippen LogP contribution in [-0.4, -0.2) is 84.2 Å². The molecule has 2 heterocycles. The average molecular weight is 332 g/mol. The number of hydrogen-bond acceptors (Lipinski definition) is 6. The van der Waals surface area contributed by atoms with E-state index in [1.165, 1.54) is 18.4 Å². The summed E-state index contributed by atoms with van der Waals surface area (Å²) in [5, 5.41) is 14.2. The molecule has 1 saturated heterocycles. The second-order valence-corrected chi connectivity index (χ2v) is 7.92. The normalized spacial score (nSPS) is 23.3. The average Bonchev–Trinajstić information content (AvgIpc) is 3.04. The van der Waals surface area contributed by atoms with Gasteiger partial charge in [0.05, 0.1) is 18.1 Å². The van der Waals surface area contributed by atoms with E-state index in [0.717, 1.165) is 6.54 Å². The van der Waals surface area contributed by atoms with Gasteiger partial charge >= 0.3 is 0 Å². The Morgan fingerprint density at radius 3 is 2.77 bits per heavy atom. The molecule has 9 heteroatoms.